The molecule has 1 aromatic rings. The van der Waals surface area contributed by atoms with E-state index in [9.17, 15) is 29.3 Å². The van der Waals surface area contributed by atoms with E-state index in [2.05, 4.69) is 0 Å². The van der Waals surface area contributed by atoms with Crippen LogP contribution in [-0.2, 0) is 9.59 Å². The zero-order valence-corrected chi connectivity index (χ0v) is 15.7. The third kappa shape index (κ3) is 3.39. The normalized spacial score (nSPS) is 22.7. The van der Waals surface area contributed by atoms with Gasteiger partial charge in [-0.05, 0) is 25.7 Å². The summed E-state index contributed by atoms with van der Waals surface area (Å²) in [5, 5.41) is 11.1. The van der Waals surface area contributed by atoms with Crippen molar-refractivity contribution in [1.82, 2.24) is 9.80 Å². The highest BCUT2D eigenvalue weighted by Gasteiger charge is 2.49. The maximum atomic E-state index is 12.7. The van der Waals surface area contributed by atoms with E-state index in [-0.39, 0.29) is 23.2 Å². The van der Waals surface area contributed by atoms with Crippen LogP contribution in [-0.4, -0.2) is 50.9 Å². The predicted octanol–water partition coefficient (Wildman–Crippen LogP) is 2.46. The molecule has 148 valence electrons. The number of hydrogen-bond acceptors (Lipinski definition) is 6. The Bertz CT molecular complexity index is 880. The maximum absolute atomic E-state index is 12.7. The molecule has 0 N–H and O–H groups in total. The van der Waals surface area contributed by atoms with Crippen molar-refractivity contribution >= 4 is 29.3 Å². The molecular formula is C19H21N3O6. The zero-order chi connectivity index (χ0) is 20.6. The molecule has 0 radical (unpaired) electrons. The molecule has 28 heavy (non-hydrogen) atoms. The van der Waals surface area contributed by atoms with E-state index < -0.39 is 35.1 Å². The van der Waals surface area contributed by atoms with Crippen LogP contribution in [0.25, 0.3) is 0 Å². The van der Waals surface area contributed by atoms with Crippen LogP contribution in [0.2, 0.25) is 0 Å². The van der Waals surface area contributed by atoms with Crippen LogP contribution in [0.1, 0.15) is 48.5 Å². The Hall–Kier alpha value is -3.10. The summed E-state index contributed by atoms with van der Waals surface area (Å²) in [4.78, 5) is 62.0. The lowest BCUT2D eigenvalue weighted by Crippen LogP contribution is -2.46. The van der Waals surface area contributed by atoms with Crippen LogP contribution in [0.3, 0.4) is 0 Å². The molecule has 1 saturated carbocycles. The van der Waals surface area contributed by atoms with Crippen LogP contribution in [0.4, 0.5) is 10.5 Å². The van der Waals surface area contributed by atoms with Crippen molar-refractivity contribution in [2.45, 2.75) is 45.6 Å². The summed E-state index contributed by atoms with van der Waals surface area (Å²) in [5.41, 5.74) is 0.177. The molecule has 1 aliphatic carbocycles. The number of aryl methyl sites for hydroxylation is 1. The molecule has 0 aromatic heterocycles. The maximum Gasteiger partial charge on any atom is 0.334 e. The fraction of sp³-hybridized carbons (Fsp3) is 0.474. The Kier molecular flexibility index (Phi) is 5.26. The molecule has 1 aromatic carbocycles. The first-order valence-electron chi connectivity index (χ1n) is 9.19. The minimum absolute atomic E-state index is 0.00911. The molecule has 3 rings (SSSR count). The number of Topliss-reactive ketones (excluding diaryl/α,β-unsaturated/α-hetero) is 1. The average Bonchev–Trinajstić information content (AvgIpc) is 2.86. The summed E-state index contributed by atoms with van der Waals surface area (Å²) in [7, 11) is 0. The van der Waals surface area contributed by atoms with Gasteiger partial charge in [-0.25, -0.2) is 9.69 Å². The average molecular weight is 387 g/mol. The molecule has 1 saturated heterocycles. The first-order chi connectivity index (χ1) is 13.2. The van der Waals surface area contributed by atoms with Crippen LogP contribution < -0.4 is 0 Å². The largest absolute Gasteiger partial charge is 0.334 e. The Morgan fingerprint density at radius 3 is 2.50 bits per heavy atom. The van der Waals surface area contributed by atoms with Crippen molar-refractivity contribution in [3.8, 4) is 0 Å². The van der Waals surface area contributed by atoms with Gasteiger partial charge in [0.2, 0.25) is 0 Å². The van der Waals surface area contributed by atoms with E-state index in [1.54, 1.807) is 6.92 Å². The lowest BCUT2D eigenvalue weighted by Gasteiger charge is -2.34. The van der Waals surface area contributed by atoms with Crippen molar-refractivity contribution in [1.29, 1.82) is 0 Å². The monoisotopic (exact) mass is 387 g/mol. The summed E-state index contributed by atoms with van der Waals surface area (Å²) < 4.78 is 0. The van der Waals surface area contributed by atoms with Crippen LogP contribution in [0.15, 0.2) is 18.2 Å². The summed E-state index contributed by atoms with van der Waals surface area (Å²) >= 11 is 0. The Morgan fingerprint density at radius 2 is 1.86 bits per heavy atom. The molecule has 2 fully saturated rings. The number of benzene rings is 1. The quantitative estimate of drug-likeness (QED) is 0.252. The van der Waals surface area contributed by atoms with Gasteiger partial charge in [0.1, 0.15) is 0 Å². The number of nitro groups is 1. The topological polar surface area (TPSA) is 118 Å². The number of rotatable bonds is 5. The van der Waals surface area contributed by atoms with E-state index in [0.717, 1.165) is 30.2 Å². The summed E-state index contributed by atoms with van der Waals surface area (Å²) in [5.74, 6) is -2.50. The van der Waals surface area contributed by atoms with E-state index in [1.165, 1.54) is 12.1 Å². The highest BCUT2D eigenvalue weighted by Crippen LogP contribution is 2.31. The number of nitrogens with zero attached hydrogens (tertiary/aromatic N) is 3. The van der Waals surface area contributed by atoms with Gasteiger partial charge in [0.15, 0.2) is 5.78 Å². The highest BCUT2D eigenvalue weighted by atomic mass is 16.6. The summed E-state index contributed by atoms with van der Waals surface area (Å²) in [6.07, 6.45) is 3.38. The number of nitro benzene ring substituents is 1. The second-order valence-electron chi connectivity index (χ2n) is 7.36. The summed E-state index contributed by atoms with van der Waals surface area (Å²) in [6, 6.07) is 2.81. The minimum atomic E-state index is -1.03. The fourth-order valence-electron chi connectivity index (χ4n) is 3.85. The van der Waals surface area contributed by atoms with E-state index in [0.29, 0.717) is 16.9 Å². The van der Waals surface area contributed by atoms with Gasteiger partial charge in [-0.2, -0.15) is 0 Å². The Labute approximate surface area is 161 Å². The molecule has 2 atom stereocenters. The number of carbonyl (C=O) groups is 4. The van der Waals surface area contributed by atoms with Gasteiger partial charge in [-0.15, -0.1) is 0 Å². The molecule has 1 aliphatic heterocycles. The molecular weight excluding hydrogens is 366 g/mol. The van der Waals surface area contributed by atoms with Gasteiger partial charge in [0, 0.05) is 23.2 Å². The van der Waals surface area contributed by atoms with Gasteiger partial charge in [-0.3, -0.25) is 29.4 Å². The van der Waals surface area contributed by atoms with E-state index >= 15 is 0 Å². The van der Waals surface area contributed by atoms with Gasteiger partial charge in [0.05, 0.1) is 11.5 Å². The predicted molar refractivity (Wildman–Crippen MR) is 97.5 cm³/mol. The Morgan fingerprint density at radius 1 is 1.18 bits per heavy atom. The highest BCUT2D eigenvalue weighted by molar-refractivity contribution is 6.45. The number of carbonyl (C=O) groups excluding carboxylic acids is 4. The third-order valence-corrected chi connectivity index (χ3v) is 5.51. The van der Waals surface area contributed by atoms with Crippen molar-refractivity contribution in [2.75, 3.05) is 6.54 Å². The third-order valence-electron chi connectivity index (χ3n) is 5.51. The molecule has 2 aliphatic rings. The molecule has 9 nitrogen and oxygen atoms in total. The van der Waals surface area contributed by atoms with Crippen LogP contribution in [0.5, 0.6) is 0 Å². The number of urea groups is 1. The molecule has 9 heteroatoms. The number of ketones is 1. The molecule has 0 unspecified atom stereocenters. The standard InChI is InChI=1S/C19H21N3O6/c1-11-5-3-4-6-14(11)21-18(25)17(24)20(19(21)26)10-16(23)13-8-7-12(2)15(9-13)22(27)28/h7-9,11,14H,3-6,10H2,1-2H3/t11-,14+/m0/s1. The van der Waals surface area contributed by atoms with Crippen molar-refractivity contribution < 1.29 is 24.1 Å². The molecule has 4 amide bonds. The van der Waals surface area contributed by atoms with Crippen molar-refractivity contribution in [3.63, 3.8) is 0 Å². The lowest BCUT2D eigenvalue weighted by atomic mass is 9.85. The lowest BCUT2D eigenvalue weighted by molar-refractivity contribution is -0.385. The number of hydrogen-bond donors (Lipinski definition) is 0. The van der Waals surface area contributed by atoms with E-state index in [1.807, 2.05) is 6.92 Å². The van der Waals surface area contributed by atoms with E-state index in [4.69, 9.17) is 0 Å². The summed E-state index contributed by atoms with van der Waals surface area (Å²) in [6.45, 7) is 2.86. The first kappa shape index (κ1) is 19.7. The van der Waals surface area contributed by atoms with Crippen molar-refractivity contribution in [2.24, 2.45) is 5.92 Å². The molecule has 1 heterocycles. The fourth-order valence-corrected chi connectivity index (χ4v) is 3.85. The smallest absolute Gasteiger partial charge is 0.292 e. The zero-order valence-electron chi connectivity index (χ0n) is 15.7. The van der Waals surface area contributed by atoms with Crippen LogP contribution >= 0.6 is 0 Å². The van der Waals surface area contributed by atoms with Gasteiger partial charge in [0.25, 0.3) is 5.69 Å². The van der Waals surface area contributed by atoms with Crippen LogP contribution in [0, 0.1) is 23.0 Å². The number of amides is 4. The van der Waals surface area contributed by atoms with Gasteiger partial charge >= 0.3 is 17.8 Å². The van der Waals surface area contributed by atoms with Crippen molar-refractivity contribution in [3.05, 3.63) is 39.4 Å². The first-order valence-corrected chi connectivity index (χ1v) is 9.19. The Balaban J connectivity index is 1.80. The van der Waals surface area contributed by atoms with Gasteiger partial charge < -0.3 is 0 Å². The second-order valence-corrected chi connectivity index (χ2v) is 7.36. The second kappa shape index (κ2) is 7.49. The number of imide groups is 2. The minimum Gasteiger partial charge on any atom is -0.292 e. The van der Waals surface area contributed by atoms with Gasteiger partial charge in [-0.1, -0.05) is 31.9 Å². The SMILES string of the molecule is Cc1ccc(C(=O)CN2C(=O)C(=O)N([C@@H]3CCCC[C@@H]3C)C2=O)cc1[N+](=O)[O-]. The molecule has 0 bridgehead atoms. The molecule has 0 spiro atoms.